The molecule has 1 unspecified atom stereocenters. The number of aliphatic hydroxyl groups excluding tert-OH is 4. The second kappa shape index (κ2) is 8.22. The van der Waals surface area contributed by atoms with Crippen LogP contribution in [-0.2, 0) is 17.7 Å². The van der Waals surface area contributed by atoms with Crippen LogP contribution >= 0.6 is 0 Å². The number of rotatable bonds is 5. The van der Waals surface area contributed by atoms with Crippen molar-refractivity contribution in [1.82, 2.24) is 9.55 Å². The first kappa shape index (κ1) is 20.0. The maximum Gasteiger partial charge on any atom is 0.114 e. The zero-order valence-corrected chi connectivity index (χ0v) is 16.2. The number of nitrogens with zero attached hydrogens (tertiary/aromatic N) is 2. The predicted octanol–water partition coefficient (Wildman–Crippen LogP) is 1.16. The Morgan fingerprint density at radius 2 is 1.69 bits per heavy atom. The highest BCUT2D eigenvalue weighted by atomic mass is 16.5. The first-order valence-electron chi connectivity index (χ1n) is 9.85. The Balaban J connectivity index is 1.72. The lowest BCUT2D eigenvalue weighted by molar-refractivity contribution is -0.231. The molecule has 1 saturated heterocycles. The standard InChI is InChI=1S/C22H26N2O5/c1-2-13-6-8-14(9-7-13)10-24-12-23-16-5-3-4-15(18(16)24)22-21(28)20(27)19(26)17(11-25)29-22/h3-9,12,17,19-22,25-28H,2,10-11H2,1H3/t17-,19-,20+,21-,22?/m1/s1. The molecule has 7 nitrogen and oxygen atoms in total. The number of aliphatic hydroxyl groups is 4. The van der Waals surface area contributed by atoms with Crippen molar-refractivity contribution in [2.45, 2.75) is 50.4 Å². The van der Waals surface area contributed by atoms with E-state index < -0.39 is 37.1 Å². The fourth-order valence-corrected chi connectivity index (χ4v) is 3.94. The fourth-order valence-electron chi connectivity index (χ4n) is 3.94. The Bertz CT molecular complexity index is 969. The van der Waals surface area contributed by atoms with Crippen LogP contribution in [-0.4, -0.2) is 61.0 Å². The van der Waals surface area contributed by atoms with E-state index >= 15 is 0 Å². The Kier molecular flexibility index (Phi) is 5.67. The van der Waals surface area contributed by atoms with Gasteiger partial charge in [-0.25, -0.2) is 4.98 Å². The number of aryl methyl sites for hydroxylation is 1. The lowest BCUT2D eigenvalue weighted by Crippen LogP contribution is -2.55. The molecule has 154 valence electrons. The molecule has 5 atom stereocenters. The van der Waals surface area contributed by atoms with Crippen LogP contribution in [0.2, 0.25) is 0 Å². The van der Waals surface area contributed by atoms with Gasteiger partial charge in [0.05, 0.1) is 24.0 Å². The molecule has 2 heterocycles. The second-order valence-corrected chi connectivity index (χ2v) is 7.51. The lowest BCUT2D eigenvalue weighted by atomic mass is 9.90. The highest BCUT2D eigenvalue weighted by Gasteiger charge is 2.44. The van der Waals surface area contributed by atoms with Gasteiger partial charge in [0, 0.05) is 12.1 Å². The molecular weight excluding hydrogens is 372 g/mol. The smallest absolute Gasteiger partial charge is 0.114 e. The average Bonchev–Trinajstić information content (AvgIpc) is 3.16. The van der Waals surface area contributed by atoms with Crippen LogP contribution in [0.15, 0.2) is 48.8 Å². The molecule has 2 aromatic carbocycles. The molecule has 0 spiro atoms. The minimum atomic E-state index is -1.42. The van der Waals surface area contributed by atoms with Crippen LogP contribution in [0.5, 0.6) is 0 Å². The summed E-state index contributed by atoms with van der Waals surface area (Å²) in [4.78, 5) is 4.47. The van der Waals surface area contributed by atoms with E-state index in [0.717, 1.165) is 23.0 Å². The summed E-state index contributed by atoms with van der Waals surface area (Å²) in [5, 5.41) is 40.3. The van der Waals surface area contributed by atoms with Gasteiger partial charge in [-0.05, 0) is 23.6 Å². The molecule has 0 bridgehead atoms. The zero-order valence-electron chi connectivity index (χ0n) is 16.2. The minimum absolute atomic E-state index is 0.458. The first-order valence-corrected chi connectivity index (χ1v) is 9.85. The topological polar surface area (TPSA) is 108 Å². The van der Waals surface area contributed by atoms with Gasteiger partial charge in [-0.1, -0.05) is 43.3 Å². The zero-order chi connectivity index (χ0) is 20.5. The van der Waals surface area contributed by atoms with Gasteiger partial charge >= 0.3 is 0 Å². The summed E-state index contributed by atoms with van der Waals surface area (Å²) in [6.07, 6.45) is -3.25. The normalized spacial score (nSPS) is 27.4. The second-order valence-electron chi connectivity index (χ2n) is 7.51. The number of hydrogen-bond donors (Lipinski definition) is 4. The number of aromatic nitrogens is 2. The minimum Gasteiger partial charge on any atom is -0.394 e. The van der Waals surface area contributed by atoms with Crippen LogP contribution in [0.25, 0.3) is 11.0 Å². The van der Waals surface area contributed by atoms with E-state index in [2.05, 4.69) is 36.2 Å². The van der Waals surface area contributed by atoms with Crippen molar-refractivity contribution in [3.63, 3.8) is 0 Å². The molecule has 3 aromatic rings. The van der Waals surface area contributed by atoms with Crippen LogP contribution in [0.4, 0.5) is 0 Å². The molecular formula is C22H26N2O5. The number of ether oxygens (including phenoxy) is 1. The van der Waals surface area contributed by atoms with Crippen molar-refractivity contribution in [3.05, 3.63) is 65.5 Å². The summed E-state index contributed by atoms with van der Waals surface area (Å²) < 4.78 is 7.76. The Morgan fingerprint density at radius 3 is 2.38 bits per heavy atom. The lowest BCUT2D eigenvalue weighted by Gasteiger charge is -2.40. The van der Waals surface area contributed by atoms with E-state index in [-0.39, 0.29) is 0 Å². The summed E-state index contributed by atoms with van der Waals surface area (Å²) in [7, 11) is 0. The van der Waals surface area contributed by atoms with E-state index in [4.69, 9.17) is 4.74 Å². The summed E-state index contributed by atoms with van der Waals surface area (Å²) in [5.41, 5.74) is 4.57. The quantitative estimate of drug-likeness (QED) is 0.514. The first-order chi connectivity index (χ1) is 14.0. The van der Waals surface area contributed by atoms with Crippen molar-refractivity contribution < 1.29 is 25.2 Å². The van der Waals surface area contributed by atoms with Gasteiger partial charge in [-0.15, -0.1) is 0 Å². The maximum absolute atomic E-state index is 10.6. The third kappa shape index (κ3) is 3.68. The van der Waals surface area contributed by atoms with Crippen LogP contribution in [0.1, 0.15) is 29.7 Å². The third-order valence-corrected chi connectivity index (χ3v) is 5.65. The van der Waals surface area contributed by atoms with Crippen molar-refractivity contribution in [3.8, 4) is 0 Å². The van der Waals surface area contributed by atoms with E-state index in [1.807, 2.05) is 22.8 Å². The Morgan fingerprint density at radius 1 is 0.966 bits per heavy atom. The van der Waals surface area contributed by atoms with Gasteiger partial charge in [0.15, 0.2) is 0 Å². The summed E-state index contributed by atoms with van der Waals surface area (Å²) in [6, 6.07) is 13.9. The van der Waals surface area contributed by atoms with Crippen molar-refractivity contribution in [2.75, 3.05) is 6.61 Å². The van der Waals surface area contributed by atoms with Crippen molar-refractivity contribution in [1.29, 1.82) is 0 Å². The van der Waals surface area contributed by atoms with Crippen LogP contribution in [0.3, 0.4) is 0 Å². The number of para-hydroxylation sites is 1. The number of benzene rings is 2. The van der Waals surface area contributed by atoms with Crippen molar-refractivity contribution in [2.24, 2.45) is 0 Å². The Labute approximate surface area is 168 Å². The SMILES string of the molecule is CCc1ccc(Cn2cnc3cccc(C4O[C@H](CO)[C@@H](O)[C@H](O)[C@H]4O)c32)cc1. The molecule has 4 N–H and O–H groups in total. The van der Waals surface area contributed by atoms with Gasteiger partial charge in [-0.2, -0.15) is 0 Å². The molecule has 1 fully saturated rings. The van der Waals surface area contributed by atoms with Gasteiger partial charge < -0.3 is 29.7 Å². The average molecular weight is 398 g/mol. The molecule has 1 aromatic heterocycles. The molecule has 0 aliphatic carbocycles. The van der Waals surface area contributed by atoms with E-state index in [1.54, 1.807) is 6.33 Å². The van der Waals surface area contributed by atoms with E-state index in [0.29, 0.717) is 12.1 Å². The third-order valence-electron chi connectivity index (χ3n) is 5.65. The monoisotopic (exact) mass is 398 g/mol. The summed E-state index contributed by atoms with van der Waals surface area (Å²) >= 11 is 0. The molecule has 7 heteroatoms. The van der Waals surface area contributed by atoms with Crippen LogP contribution < -0.4 is 0 Å². The van der Waals surface area contributed by atoms with Gasteiger partial charge in [-0.3, -0.25) is 0 Å². The molecule has 1 aliphatic heterocycles. The van der Waals surface area contributed by atoms with Crippen LogP contribution in [0, 0.1) is 0 Å². The largest absolute Gasteiger partial charge is 0.394 e. The van der Waals surface area contributed by atoms with Gasteiger partial charge in [0.25, 0.3) is 0 Å². The number of hydrogen-bond acceptors (Lipinski definition) is 6. The molecule has 29 heavy (non-hydrogen) atoms. The molecule has 0 radical (unpaired) electrons. The highest BCUT2D eigenvalue weighted by Crippen LogP contribution is 2.36. The molecule has 1 aliphatic rings. The molecule has 4 rings (SSSR count). The highest BCUT2D eigenvalue weighted by molar-refractivity contribution is 5.79. The molecule has 0 saturated carbocycles. The van der Waals surface area contributed by atoms with E-state index in [9.17, 15) is 20.4 Å². The number of imidazole rings is 1. The van der Waals surface area contributed by atoms with Gasteiger partial charge in [0.1, 0.15) is 30.5 Å². The fraction of sp³-hybridized carbons (Fsp3) is 0.409. The summed E-state index contributed by atoms with van der Waals surface area (Å²) in [5.74, 6) is 0. The predicted molar refractivity (Wildman–Crippen MR) is 107 cm³/mol. The van der Waals surface area contributed by atoms with Gasteiger partial charge in [0.2, 0.25) is 0 Å². The summed E-state index contributed by atoms with van der Waals surface area (Å²) in [6.45, 7) is 2.25. The number of fused-ring (bicyclic) bond motifs is 1. The van der Waals surface area contributed by atoms with E-state index in [1.165, 1.54) is 5.56 Å². The molecule has 0 amide bonds. The Hall–Kier alpha value is -2.29. The maximum atomic E-state index is 10.6. The van der Waals surface area contributed by atoms with Crippen molar-refractivity contribution >= 4 is 11.0 Å².